The Kier molecular flexibility index (Phi) is 4.32. The predicted molar refractivity (Wildman–Crippen MR) is 98.9 cm³/mol. The van der Waals surface area contributed by atoms with Crippen molar-refractivity contribution in [3.05, 3.63) is 60.2 Å². The van der Waals surface area contributed by atoms with Crippen LogP contribution in [0.25, 0.3) is 0 Å². The van der Waals surface area contributed by atoms with Crippen molar-refractivity contribution in [1.82, 2.24) is 14.9 Å². The molecule has 2 aliphatic heterocycles. The van der Waals surface area contributed by atoms with Gasteiger partial charge < -0.3 is 14.8 Å². The summed E-state index contributed by atoms with van der Waals surface area (Å²) < 4.78 is 0. The Bertz CT molecular complexity index is 844. The summed E-state index contributed by atoms with van der Waals surface area (Å²) in [6, 6.07) is 5.67. The van der Waals surface area contributed by atoms with Crippen molar-refractivity contribution in [3.63, 3.8) is 0 Å². The average Bonchev–Trinajstić information content (AvgIpc) is 3.37. The van der Waals surface area contributed by atoms with Crippen LogP contribution in [0, 0.1) is 0 Å². The van der Waals surface area contributed by atoms with Crippen LogP contribution in [0.4, 0.5) is 5.69 Å². The minimum atomic E-state index is -0.0950. The van der Waals surface area contributed by atoms with E-state index < -0.39 is 0 Å². The topological polar surface area (TPSA) is 69.3 Å². The molecule has 6 heteroatoms. The summed E-state index contributed by atoms with van der Waals surface area (Å²) in [6.07, 6.45) is 8.52. The summed E-state index contributed by atoms with van der Waals surface area (Å²) in [6.45, 7) is 5.01. The number of nitrogens with zero attached hydrogens (tertiary/aromatic N) is 3. The van der Waals surface area contributed by atoms with E-state index in [-0.39, 0.29) is 17.9 Å². The van der Waals surface area contributed by atoms with Gasteiger partial charge in [0.25, 0.3) is 5.91 Å². The number of H-pyrrole nitrogens is 1. The zero-order valence-electron chi connectivity index (χ0n) is 14.6. The summed E-state index contributed by atoms with van der Waals surface area (Å²) >= 11 is 0. The number of rotatable bonds is 3. The van der Waals surface area contributed by atoms with Crippen LogP contribution >= 0.6 is 0 Å². The van der Waals surface area contributed by atoms with Gasteiger partial charge in [0.2, 0.25) is 5.91 Å². The van der Waals surface area contributed by atoms with E-state index in [1.807, 2.05) is 23.1 Å². The van der Waals surface area contributed by atoms with Crippen LogP contribution in [0.1, 0.15) is 47.1 Å². The first kappa shape index (κ1) is 16.6. The molecule has 6 nitrogen and oxygen atoms in total. The molecule has 2 aromatic rings. The highest BCUT2D eigenvalue weighted by atomic mass is 16.2. The lowest BCUT2D eigenvalue weighted by atomic mass is 9.98. The first-order chi connectivity index (χ1) is 12.7. The number of amides is 2. The van der Waals surface area contributed by atoms with Gasteiger partial charge in [-0.2, -0.15) is 0 Å². The Balaban J connectivity index is 1.61. The predicted octanol–water partition coefficient (Wildman–Crippen LogP) is 2.85. The third-order valence-corrected chi connectivity index (χ3v) is 5.23. The molecule has 1 saturated heterocycles. The van der Waals surface area contributed by atoms with Gasteiger partial charge in [-0.1, -0.05) is 6.58 Å². The molecular formula is C20H22N4O2. The number of aromatic nitrogens is 2. The largest absolute Gasteiger partial charge is 0.347 e. The molecule has 0 saturated carbocycles. The molecule has 1 atom stereocenters. The molecule has 4 rings (SSSR count). The van der Waals surface area contributed by atoms with Gasteiger partial charge in [-0.15, -0.1) is 0 Å². The van der Waals surface area contributed by atoms with Crippen molar-refractivity contribution >= 4 is 17.5 Å². The fourth-order valence-corrected chi connectivity index (χ4v) is 3.99. The van der Waals surface area contributed by atoms with E-state index in [0.29, 0.717) is 12.1 Å². The molecular weight excluding hydrogens is 328 g/mol. The molecule has 1 aromatic carbocycles. The molecule has 26 heavy (non-hydrogen) atoms. The molecule has 0 radical (unpaired) electrons. The van der Waals surface area contributed by atoms with E-state index in [0.717, 1.165) is 49.3 Å². The van der Waals surface area contributed by atoms with Gasteiger partial charge in [-0.05, 0) is 55.5 Å². The van der Waals surface area contributed by atoms with E-state index in [9.17, 15) is 9.59 Å². The number of aryl methyl sites for hydroxylation is 1. The Labute approximate surface area is 152 Å². The number of hydrogen-bond acceptors (Lipinski definition) is 3. The highest BCUT2D eigenvalue weighted by Gasteiger charge is 2.32. The highest BCUT2D eigenvalue weighted by molar-refractivity contribution is 6.02. The van der Waals surface area contributed by atoms with Crippen molar-refractivity contribution in [3.8, 4) is 0 Å². The van der Waals surface area contributed by atoms with Gasteiger partial charge in [0, 0.05) is 36.7 Å². The summed E-state index contributed by atoms with van der Waals surface area (Å²) in [7, 11) is 0. The average molecular weight is 350 g/mol. The molecule has 1 fully saturated rings. The van der Waals surface area contributed by atoms with E-state index in [1.165, 1.54) is 6.08 Å². The molecule has 1 unspecified atom stereocenters. The third kappa shape index (κ3) is 2.81. The lowest BCUT2D eigenvalue weighted by molar-refractivity contribution is -0.114. The first-order valence-corrected chi connectivity index (χ1v) is 9.06. The maximum absolute atomic E-state index is 13.1. The lowest BCUT2D eigenvalue weighted by Crippen LogP contribution is -2.35. The Morgan fingerprint density at radius 1 is 1.27 bits per heavy atom. The van der Waals surface area contributed by atoms with Gasteiger partial charge in [0.1, 0.15) is 5.82 Å². The van der Waals surface area contributed by atoms with Gasteiger partial charge >= 0.3 is 0 Å². The van der Waals surface area contributed by atoms with E-state index in [4.69, 9.17) is 0 Å². The monoisotopic (exact) mass is 350 g/mol. The number of benzene rings is 1. The van der Waals surface area contributed by atoms with Crippen LogP contribution in [-0.2, 0) is 11.2 Å². The van der Waals surface area contributed by atoms with E-state index in [2.05, 4.69) is 16.5 Å². The number of fused-ring (bicyclic) bond motifs is 1. The van der Waals surface area contributed by atoms with Crippen LogP contribution in [0.5, 0.6) is 0 Å². The fourth-order valence-electron chi connectivity index (χ4n) is 3.99. The van der Waals surface area contributed by atoms with Gasteiger partial charge in [0.05, 0.1) is 6.04 Å². The van der Waals surface area contributed by atoms with Crippen molar-refractivity contribution in [1.29, 1.82) is 0 Å². The standard InChI is InChI=1S/C20H22N4O2/c1-2-18(25)23-11-3-5-14-13-15(7-8-16(14)23)20(26)24-12-4-6-17(24)19-21-9-10-22-19/h2,7-10,13,17H,1,3-6,11-12H2,(H,21,22). The number of imidazole rings is 1. The smallest absolute Gasteiger partial charge is 0.254 e. The molecule has 1 N–H and O–H groups in total. The minimum absolute atomic E-state index is 0.00683. The number of hydrogen-bond donors (Lipinski definition) is 1. The van der Waals surface area contributed by atoms with Gasteiger partial charge in [-0.25, -0.2) is 4.98 Å². The Hall–Kier alpha value is -2.89. The number of carbonyl (C=O) groups is 2. The summed E-state index contributed by atoms with van der Waals surface area (Å²) in [5.74, 6) is 0.776. The Morgan fingerprint density at radius 3 is 2.92 bits per heavy atom. The second-order valence-electron chi connectivity index (χ2n) is 6.77. The summed E-state index contributed by atoms with van der Waals surface area (Å²) in [5.41, 5.74) is 2.61. The van der Waals surface area contributed by atoms with Crippen LogP contribution in [0.15, 0.2) is 43.2 Å². The molecule has 134 valence electrons. The maximum atomic E-state index is 13.1. The number of likely N-dealkylation sites (tertiary alicyclic amines) is 1. The highest BCUT2D eigenvalue weighted by Crippen LogP contribution is 2.33. The maximum Gasteiger partial charge on any atom is 0.254 e. The van der Waals surface area contributed by atoms with Crippen LogP contribution < -0.4 is 4.90 Å². The van der Waals surface area contributed by atoms with Crippen LogP contribution in [0.3, 0.4) is 0 Å². The lowest BCUT2D eigenvalue weighted by Gasteiger charge is -2.29. The zero-order chi connectivity index (χ0) is 18.1. The molecule has 1 aromatic heterocycles. The van der Waals surface area contributed by atoms with E-state index >= 15 is 0 Å². The second kappa shape index (κ2) is 6.78. The van der Waals surface area contributed by atoms with Crippen molar-refractivity contribution < 1.29 is 9.59 Å². The molecule has 0 spiro atoms. The molecule has 2 amide bonds. The minimum Gasteiger partial charge on any atom is -0.347 e. The summed E-state index contributed by atoms with van der Waals surface area (Å²) in [4.78, 5) is 36.3. The third-order valence-electron chi connectivity index (χ3n) is 5.23. The van der Waals surface area contributed by atoms with E-state index in [1.54, 1.807) is 17.3 Å². The number of aromatic amines is 1. The molecule has 0 aliphatic carbocycles. The normalized spacial score (nSPS) is 19.3. The fraction of sp³-hybridized carbons (Fsp3) is 0.350. The molecule has 0 bridgehead atoms. The van der Waals surface area contributed by atoms with Crippen molar-refractivity contribution in [2.45, 2.75) is 31.7 Å². The molecule has 2 aliphatic rings. The van der Waals surface area contributed by atoms with Crippen molar-refractivity contribution in [2.75, 3.05) is 18.0 Å². The number of anilines is 1. The number of nitrogens with one attached hydrogen (secondary N) is 1. The second-order valence-corrected chi connectivity index (χ2v) is 6.77. The van der Waals surface area contributed by atoms with Gasteiger partial charge in [0.15, 0.2) is 0 Å². The SMILES string of the molecule is C=CC(=O)N1CCCc2cc(C(=O)N3CCCC3c3ncc[nH]3)ccc21. The van der Waals surface area contributed by atoms with Gasteiger partial charge in [-0.3, -0.25) is 9.59 Å². The molecule has 3 heterocycles. The first-order valence-electron chi connectivity index (χ1n) is 9.06. The quantitative estimate of drug-likeness (QED) is 0.866. The zero-order valence-corrected chi connectivity index (χ0v) is 14.6. The van der Waals surface area contributed by atoms with Crippen LogP contribution in [-0.4, -0.2) is 39.8 Å². The van der Waals surface area contributed by atoms with Crippen molar-refractivity contribution in [2.24, 2.45) is 0 Å². The number of carbonyl (C=O) groups excluding carboxylic acids is 2. The summed E-state index contributed by atoms with van der Waals surface area (Å²) in [5, 5.41) is 0. The Morgan fingerprint density at radius 2 is 2.15 bits per heavy atom. The van der Waals surface area contributed by atoms with Crippen LogP contribution in [0.2, 0.25) is 0 Å².